The van der Waals surface area contributed by atoms with Crippen LogP contribution in [0.4, 0.5) is 0 Å². The summed E-state index contributed by atoms with van der Waals surface area (Å²) < 4.78 is 5.03. The number of aliphatic hydroxyl groups is 1. The van der Waals surface area contributed by atoms with Crippen molar-refractivity contribution in [2.24, 2.45) is 22.7 Å². The van der Waals surface area contributed by atoms with Crippen LogP contribution in [0.5, 0.6) is 0 Å². The smallest absolute Gasteiger partial charge is 0.334 e. The number of carbonyl (C=O) groups is 1. The van der Waals surface area contributed by atoms with E-state index in [2.05, 4.69) is 20.4 Å². The molecule has 0 aromatic heterocycles. The van der Waals surface area contributed by atoms with Gasteiger partial charge in [-0.05, 0) is 67.3 Å². The Morgan fingerprint density at radius 2 is 2.17 bits per heavy atom. The minimum atomic E-state index is -0.142. The fraction of sp³-hybridized carbons (Fsp3) is 0.750. The Morgan fingerprint density at radius 3 is 2.83 bits per heavy atom. The van der Waals surface area contributed by atoms with Gasteiger partial charge in [-0.3, -0.25) is 0 Å². The molecule has 0 spiro atoms. The van der Waals surface area contributed by atoms with Gasteiger partial charge >= 0.3 is 5.97 Å². The van der Waals surface area contributed by atoms with Gasteiger partial charge in [0.25, 0.3) is 0 Å². The van der Waals surface area contributed by atoms with E-state index in [1.807, 2.05) is 6.08 Å². The Balaban J connectivity index is 1.80. The van der Waals surface area contributed by atoms with Crippen LogP contribution in [0.3, 0.4) is 0 Å². The number of hydrogen-bond donors (Lipinski definition) is 1. The fourth-order valence-electron chi connectivity index (χ4n) is 5.70. The molecule has 1 aliphatic heterocycles. The molecule has 2 aliphatic carbocycles. The molecule has 0 aromatic carbocycles. The van der Waals surface area contributed by atoms with Gasteiger partial charge in [0.1, 0.15) is 6.61 Å². The molecule has 0 aromatic rings. The number of carbonyl (C=O) groups excluding carboxylic acids is 1. The SMILES string of the molecule is C=C1CCC2C(C)(CO)CCCC2(C)C1CCC1=CCOC1=O. The van der Waals surface area contributed by atoms with Crippen LogP contribution in [0.25, 0.3) is 0 Å². The number of rotatable bonds is 4. The quantitative estimate of drug-likeness (QED) is 0.629. The zero-order chi connectivity index (χ0) is 16.7. The van der Waals surface area contributed by atoms with Crippen LogP contribution in [0.1, 0.15) is 58.8 Å². The molecule has 128 valence electrons. The monoisotopic (exact) mass is 318 g/mol. The lowest BCUT2D eigenvalue weighted by Crippen LogP contribution is -2.51. The van der Waals surface area contributed by atoms with Crippen LogP contribution in [0.15, 0.2) is 23.8 Å². The lowest BCUT2D eigenvalue weighted by atomic mass is 9.47. The van der Waals surface area contributed by atoms with Gasteiger partial charge in [-0.25, -0.2) is 4.79 Å². The first-order valence-corrected chi connectivity index (χ1v) is 9.05. The summed E-state index contributed by atoms with van der Waals surface area (Å²) in [6.45, 7) is 9.75. The van der Waals surface area contributed by atoms with Crippen molar-refractivity contribution in [3.05, 3.63) is 23.8 Å². The minimum Gasteiger partial charge on any atom is -0.458 e. The number of fused-ring (bicyclic) bond motifs is 1. The Bertz CT molecular complexity index is 535. The Kier molecular flexibility index (Phi) is 4.43. The molecule has 3 rings (SSSR count). The zero-order valence-electron chi connectivity index (χ0n) is 14.6. The first-order valence-electron chi connectivity index (χ1n) is 9.05. The van der Waals surface area contributed by atoms with E-state index < -0.39 is 0 Å². The number of allylic oxidation sites excluding steroid dienone is 1. The van der Waals surface area contributed by atoms with Crippen molar-refractivity contribution in [2.45, 2.75) is 58.8 Å². The first-order chi connectivity index (χ1) is 10.9. The number of ether oxygens (including phenoxy) is 1. The third-order valence-corrected chi connectivity index (χ3v) is 7.01. The maximum absolute atomic E-state index is 11.7. The summed E-state index contributed by atoms with van der Waals surface area (Å²) in [7, 11) is 0. The minimum absolute atomic E-state index is 0.0392. The van der Waals surface area contributed by atoms with Gasteiger partial charge in [-0.1, -0.05) is 32.4 Å². The number of esters is 1. The molecule has 3 aliphatic rings. The fourth-order valence-corrected chi connectivity index (χ4v) is 5.70. The van der Waals surface area contributed by atoms with E-state index in [1.165, 1.54) is 18.4 Å². The third kappa shape index (κ3) is 2.77. The molecule has 2 fully saturated rings. The van der Waals surface area contributed by atoms with Crippen LogP contribution in [-0.2, 0) is 9.53 Å². The molecule has 0 radical (unpaired) electrons. The standard InChI is InChI=1S/C20H30O3/c1-14-5-8-17-19(2,13-21)10-4-11-20(17,3)16(14)7-6-15-9-12-23-18(15)22/h9,16-17,21H,1,4-8,10-13H2,2-3H3. The van der Waals surface area contributed by atoms with Gasteiger partial charge in [0.05, 0.1) is 0 Å². The van der Waals surface area contributed by atoms with Crippen molar-refractivity contribution < 1.29 is 14.6 Å². The summed E-state index contributed by atoms with van der Waals surface area (Å²) in [6, 6.07) is 0. The molecule has 0 bridgehead atoms. The van der Waals surface area contributed by atoms with Crippen molar-refractivity contribution in [1.29, 1.82) is 0 Å². The van der Waals surface area contributed by atoms with Gasteiger partial charge in [0.2, 0.25) is 0 Å². The van der Waals surface area contributed by atoms with E-state index in [1.54, 1.807) is 0 Å². The molecule has 0 amide bonds. The molecular formula is C20H30O3. The molecule has 1 heterocycles. The Labute approximate surface area is 139 Å². The van der Waals surface area contributed by atoms with Crippen molar-refractivity contribution in [1.82, 2.24) is 0 Å². The summed E-state index contributed by atoms with van der Waals surface area (Å²) in [5.74, 6) is 0.854. The molecule has 2 saturated carbocycles. The molecule has 1 N–H and O–H groups in total. The highest BCUT2D eigenvalue weighted by Crippen LogP contribution is 2.61. The van der Waals surface area contributed by atoms with Crippen molar-refractivity contribution in [3.63, 3.8) is 0 Å². The first kappa shape index (κ1) is 16.8. The van der Waals surface area contributed by atoms with Gasteiger partial charge in [-0.15, -0.1) is 0 Å². The summed E-state index contributed by atoms with van der Waals surface area (Å²) in [6.07, 6.45) is 9.42. The molecule has 4 atom stereocenters. The summed E-state index contributed by atoms with van der Waals surface area (Å²) in [5.41, 5.74) is 2.42. The van der Waals surface area contributed by atoms with E-state index in [9.17, 15) is 9.90 Å². The largest absolute Gasteiger partial charge is 0.458 e. The molecule has 0 saturated heterocycles. The maximum Gasteiger partial charge on any atom is 0.334 e. The van der Waals surface area contributed by atoms with Gasteiger partial charge in [0.15, 0.2) is 0 Å². The van der Waals surface area contributed by atoms with E-state index in [-0.39, 0.29) is 23.4 Å². The van der Waals surface area contributed by atoms with E-state index in [0.29, 0.717) is 18.4 Å². The second-order valence-electron chi connectivity index (χ2n) is 8.34. The predicted octanol–water partition coefficient (Wildman–Crippen LogP) is 4.02. The van der Waals surface area contributed by atoms with Crippen LogP contribution >= 0.6 is 0 Å². The van der Waals surface area contributed by atoms with E-state index in [4.69, 9.17) is 4.74 Å². The molecule has 4 unspecified atom stereocenters. The summed E-state index contributed by atoms with van der Waals surface area (Å²) in [5, 5.41) is 10.0. The second kappa shape index (κ2) is 6.08. The lowest BCUT2D eigenvalue weighted by molar-refractivity contribution is -0.136. The summed E-state index contributed by atoms with van der Waals surface area (Å²) in [4.78, 5) is 11.7. The van der Waals surface area contributed by atoms with Gasteiger partial charge < -0.3 is 9.84 Å². The normalized spacial score (nSPS) is 40.6. The Morgan fingerprint density at radius 1 is 1.39 bits per heavy atom. The molecule has 3 nitrogen and oxygen atoms in total. The van der Waals surface area contributed by atoms with Crippen LogP contribution in [0, 0.1) is 22.7 Å². The average molecular weight is 318 g/mol. The lowest BCUT2D eigenvalue weighted by Gasteiger charge is -2.58. The number of cyclic esters (lactones) is 1. The van der Waals surface area contributed by atoms with E-state index >= 15 is 0 Å². The van der Waals surface area contributed by atoms with Crippen molar-refractivity contribution in [3.8, 4) is 0 Å². The maximum atomic E-state index is 11.7. The van der Waals surface area contributed by atoms with Crippen LogP contribution in [-0.4, -0.2) is 24.3 Å². The highest BCUT2D eigenvalue weighted by molar-refractivity contribution is 5.90. The Hall–Kier alpha value is -1.09. The zero-order valence-corrected chi connectivity index (χ0v) is 14.6. The highest BCUT2D eigenvalue weighted by Gasteiger charge is 2.54. The van der Waals surface area contributed by atoms with Crippen molar-refractivity contribution >= 4 is 5.97 Å². The van der Waals surface area contributed by atoms with Crippen LogP contribution in [0.2, 0.25) is 0 Å². The third-order valence-electron chi connectivity index (χ3n) is 7.01. The van der Waals surface area contributed by atoms with Crippen LogP contribution < -0.4 is 0 Å². The van der Waals surface area contributed by atoms with Crippen molar-refractivity contribution in [2.75, 3.05) is 13.2 Å². The second-order valence-corrected chi connectivity index (χ2v) is 8.34. The summed E-state index contributed by atoms with van der Waals surface area (Å²) >= 11 is 0. The predicted molar refractivity (Wildman–Crippen MR) is 90.8 cm³/mol. The highest BCUT2D eigenvalue weighted by atomic mass is 16.5. The molecular weight excluding hydrogens is 288 g/mol. The topological polar surface area (TPSA) is 46.5 Å². The molecule has 3 heteroatoms. The number of hydrogen-bond acceptors (Lipinski definition) is 3. The molecule has 23 heavy (non-hydrogen) atoms. The van der Waals surface area contributed by atoms with E-state index in [0.717, 1.165) is 37.7 Å². The van der Waals surface area contributed by atoms with Gasteiger partial charge in [-0.2, -0.15) is 0 Å². The number of aliphatic hydroxyl groups excluding tert-OH is 1. The average Bonchev–Trinajstić information content (AvgIpc) is 2.91. The van der Waals surface area contributed by atoms with Gasteiger partial charge in [0, 0.05) is 12.2 Å².